The average molecular weight is 336 g/mol. The molecular weight excluding hydrogens is 320 g/mol. The van der Waals surface area contributed by atoms with Crippen molar-refractivity contribution in [3.63, 3.8) is 0 Å². The van der Waals surface area contributed by atoms with E-state index in [1.807, 2.05) is 0 Å². The Morgan fingerprint density at radius 2 is 1.24 bits per heavy atom. The smallest absolute Gasteiger partial charge is 0.343 e. The molecular formula is C20H16O5. The maximum absolute atomic E-state index is 12.1. The maximum Gasteiger partial charge on any atom is 0.343 e. The van der Waals surface area contributed by atoms with Gasteiger partial charge in [-0.05, 0) is 66.2 Å². The topological polar surface area (TPSA) is 76.0 Å². The fourth-order valence-electron chi connectivity index (χ4n) is 2.13. The van der Waals surface area contributed by atoms with Gasteiger partial charge in [-0.2, -0.15) is 0 Å². The van der Waals surface area contributed by atoms with E-state index in [0.717, 1.165) is 5.56 Å². The molecule has 0 bridgehead atoms. The second kappa shape index (κ2) is 7.40. The SMILES string of the molecule is O=C(Oc1ccc(O)cc1)c1ccc(COc2ccc(O)cc2)cc1. The second-order valence-electron chi connectivity index (χ2n) is 5.36. The van der Waals surface area contributed by atoms with Crippen LogP contribution < -0.4 is 9.47 Å². The number of benzene rings is 3. The monoisotopic (exact) mass is 336 g/mol. The van der Waals surface area contributed by atoms with Gasteiger partial charge in [0.15, 0.2) is 0 Å². The number of ether oxygens (including phenoxy) is 2. The van der Waals surface area contributed by atoms with Gasteiger partial charge in [0.05, 0.1) is 5.56 Å². The molecule has 0 aliphatic rings. The van der Waals surface area contributed by atoms with E-state index in [1.54, 1.807) is 48.5 Å². The lowest BCUT2D eigenvalue weighted by Crippen LogP contribution is -2.08. The zero-order valence-electron chi connectivity index (χ0n) is 13.3. The Balaban J connectivity index is 1.58. The fourth-order valence-corrected chi connectivity index (χ4v) is 2.13. The molecule has 3 aromatic rings. The average Bonchev–Trinajstić information content (AvgIpc) is 2.63. The molecule has 0 saturated carbocycles. The minimum atomic E-state index is -0.475. The van der Waals surface area contributed by atoms with Gasteiger partial charge < -0.3 is 19.7 Å². The van der Waals surface area contributed by atoms with Crippen molar-refractivity contribution in [3.8, 4) is 23.0 Å². The van der Waals surface area contributed by atoms with Crippen molar-refractivity contribution < 1.29 is 24.5 Å². The Morgan fingerprint density at radius 1 is 0.720 bits per heavy atom. The summed E-state index contributed by atoms with van der Waals surface area (Å²) in [7, 11) is 0. The lowest BCUT2D eigenvalue weighted by atomic mass is 10.1. The minimum absolute atomic E-state index is 0.109. The molecule has 25 heavy (non-hydrogen) atoms. The van der Waals surface area contributed by atoms with Crippen molar-refractivity contribution in [3.05, 3.63) is 83.9 Å². The molecule has 0 aliphatic carbocycles. The van der Waals surface area contributed by atoms with Crippen molar-refractivity contribution >= 4 is 5.97 Å². The van der Waals surface area contributed by atoms with Crippen molar-refractivity contribution in [2.45, 2.75) is 6.61 Å². The van der Waals surface area contributed by atoms with E-state index in [4.69, 9.17) is 9.47 Å². The summed E-state index contributed by atoms with van der Waals surface area (Å²) >= 11 is 0. The molecule has 0 atom stereocenters. The highest BCUT2D eigenvalue weighted by atomic mass is 16.5. The molecule has 0 aromatic heterocycles. The molecule has 3 aromatic carbocycles. The lowest BCUT2D eigenvalue weighted by molar-refractivity contribution is 0.0734. The summed E-state index contributed by atoms with van der Waals surface area (Å²) in [5, 5.41) is 18.5. The normalized spacial score (nSPS) is 10.2. The lowest BCUT2D eigenvalue weighted by Gasteiger charge is -2.08. The van der Waals surface area contributed by atoms with Crippen LogP contribution in [-0.2, 0) is 6.61 Å². The predicted octanol–water partition coefficient (Wildman–Crippen LogP) is 3.90. The van der Waals surface area contributed by atoms with Crippen LogP contribution in [0, 0.1) is 0 Å². The molecule has 3 rings (SSSR count). The van der Waals surface area contributed by atoms with E-state index >= 15 is 0 Å². The van der Waals surface area contributed by atoms with E-state index in [1.165, 1.54) is 24.3 Å². The van der Waals surface area contributed by atoms with Crippen LogP contribution in [0.1, 0.15) is 15.9 Å². The van der Waals surface area contributed by atoms with Gasteiger partial charge in [-0.3, -0.25) is 0 Å². The van der Waals surface area contributed by atoms with E-state index in [-0.39, 0.29) is 11.5 Å². The van der Waals surface area contributed by atoms with Crippen LogP contribution in [-0.4, -0.2) is 16.2 Å². The third-order valence-corrected chi connectivity index (χ3v) is 3.48. The first-order valence-corrected chi connectivity index (χ1v) is 7.62. The fraction of sp³-hybridized carbons (Fsp3) is 0.0500. The molecule has 126 valence electrons. The van der Waals surface area contributed by atoms with Crippen LogP contribution in [0.5, 0.6) is 23.0 Å². The number of hydrogen-bond donors (Lipinski definition) is 2. The summed E-state index contributed by atoms with van der Waals surface area (Å²) in [5.41, 5.74) is 1.32. The number of phenolic OH excluding ortho intramolecular Hbond substituents is 2. The first kappa shape index (κ1) is 16.4. The van der Waals surface area contributed by atoms with E-state index < -0.39 is 5.97 Å². The number of rotatable bonds is 5. The highest BCUT2D eigenvalue weighted by Crippen LogP contribution is 2.19. The zero-order chi connectivity index (χ0) is 17.6. The molecule has 0 aliphatic heterocycles. The van der Waals surface area contributed by atoms with Gasteiger partial charge in [0.1, 0.15) is 29.6 Å². The van der Waals surface area contributed by atoms with Gasteiger partial charge >= 0.3 is 5.97 Å². The van der Waals surface area contributed by atoms with Crippen LogP contribution in [0.25, 0.3) is 0 Å². The van der Waals surface area contributed by atoms with Crippen LogP contribution >= 0.6 is 0 Å². The number of aromatic hydroxyl groups is 2. The Labute approximate surface area is 144 Å². The molecule has 5 nitrogen and oxygen atoms in total. The highest BCUT2D eigenvalue weighted by molar-refractivity contribution is 5.91. The maximum atomic E-state index is 12.1. The quantitative estimate of drug-likeness (QED) is 0.546. The van der Waals surface area contributed by atoms with Gasteiger partial charge in [0.2, 0.25) is 0 Å². The number of carbonyl (C=O) groups excluding carboxylic acids is 1. The molecule has 0 amide bonds. The molecule has 0 radical (unpaired) electrons. The van der Waals surface area contributed by atoms with Gasteiger partial charge in [-0.1, -0.05) is 12.1 Å². The first-order chi connectivity index (χ1) is 12.1. The number of carbonyl (C=O) groups is 1. The Kier molecular flexibility index (Phi) is 4.85. The minimum Gasteiger partial charge on any atom is -0.508 e. The second-order valence-corrected chi connectivity index (χ2v) is 5.36. The van der Waals surface area contributed by atoms with E-state index in [2.05, 4.69) is 0 Å². The van der Waals surface area contributed by atoms with Crippen molar-refractivity contribution in [2.75, 3.05) is 0 Å². The summed E-state index contributed by atoms with van der Waals surface area (Å²) in [6.07, 6.45) is 0. The van der Waals surface area contributed by atoms with Crippen molar-refractivity contribution in [1.82, 2.24) is 0 Å². The molecule has 0 unspecified atom stereocenters. The van der Waals surface area contributed by atoms with Crippen molar-refractivity contribution in [2.24, 2.45) is 0 Å². The highest BCUT2D eigenvalue weighted by Gasteiger charge is 2.08. The Hall–Kier alpha value is -3.47. The largest absolute Gasteiger partial charge is 0.508 e. The summed E-state index contributed by atoms with van der Waals surface area (Å²) < 4.78 is 10.8. The van der Waals surface area contributed by atoms with Crippen LogP contribution in [0.2, 0.25) is 0 Å². The van der Waals surface area contributed by atoms with Crippen molar-refractivity contribution in [1.29, 1.82) is 0 Å². The van der Waals surface area contributed by atoms with E-state index in [9.17, 15) is 15.0 Å². The van der Waals surface area contributed by atoms with Gasteiger partial charge in [-0.25, -0.2) is 4.79 Å². The standard InChI is InChI=1S/C20H16O5/c21-16-5-9-18(10-6-16)24-13-14-1-3-15(4-2-14)20(23)25-19-11-7-17(22)8-12-19/h1-12,21-22H,13H2. The van der Waals surface area contributed by atoms with Crippen LogP contribution in [0.3, 0.4) is 0 Å². The molecule has 5 heteroatoms. The van der Waals surface area contributed by atoms with Gasteiger partial charge in [-0.15, -0.1) is 0 Å². The summed E-state index contributed by atoms with van der Waals surface area (Å²) in [5.74, 6) is 0.828. The molecule has 0 saturated heterocycles. The first-order valence-electron chi connectivity index (χ1n) is 7.62. The number of esters is 1. The zero-order valence-corrected chi connectivity index (χ0v) is 13.3. The summed E-state index contributed by atoms with van der Waals surface area (Å²) in [4.78, 5) is 12.1. The number of hydrogen-bond acceptors (Lipinski definition) is 5. The van der Waals surface area contributed by atoms with Gasteiger partial charge in [0, 0.05) is 0 Å². The van der Waals surface area contributed by atoms with E-state index in [0.29, 0.717) is 23.7 Å². The summed E-state index contributed by atoms with van der Waals surface area (Å²) in [6.45, 7) is 0.345. The Morgan fingerprint density at radius 3 is 1.80 bits per heavy atom. The third kappa shape index (κ3) is 4.51. The molecule has 0 fully saturated rings. The van der Waals surface area contributed by atoms with Crippen LogP contribution in [0.4, 0.5) is 0 Å². The molecule has 2 N–H and O–H groups in total. The summed E-state index contributed by atoms with van der Waals surface area (Å²) in [6, 6.07) is 19.3. The van der Waals surface area contributed by atoms with Crippen LogP contribution in [0.15, 0.2) is 72.8 Å². The number of phenols is 2. The van der Waals surface area contributed by atoms with Gasteiger partial charge in [0.25, 0.3) is 0 Å². The Bertz CT molecular complexity index is 837. The third-order valence-electron chi connectivity index (χ3n) is 3.48. The molecule has 0 heterocycles. The predicted molar refractivity (Wildman–Crippen MR) is 91.9 cm³/mol. The molecule has 0 spiro atoms.